The maximum atomic E-state index is 10.9. The predicted molar refractivity (Wildman–Crippen MR) is 65.4 cm³/mol. The Bertz CT molecular complexity index is 389. The zero-order valence-corrected chi connectivity index (χ0v) is 10.3. The van der Waals surface area contributed by atoms with Gasteiger partial charge in [0.15, 0.2) is 0 Å². The SMILES string of the molecule is CN(CCc1ccc[nH]1)CC(CC(=O)O)C(=O)O. The van der Waals surface area contributed by atoms with Crippen molar-refractivity contribution in [1.82, 2.24) is 9.88 Å². The highest BCUT2D eigenvalue weighted by Crippen LogP contribution is 2.07. The molecule has 6 heteroatoms. The molecule has 0 radical (unpaired) electrons. The smallest absolute Gasteiger partial charge is 0.308 e. The number of hydrogen-bond acceptors (Lipinski definition) is 3. The number of nitrogens with one attached hydrogen (secondary N) is 1. The standard InChI is InChI=1S/C12H18N2O4/c1-14(6-4-10-3-2-5-13-10)8-9(12(17)18)7-11(15)16/h2-3,5,9,13H,4,6-8H2,1H3,(H,15,16)(H,17,18). The number of hydrogen-bond donors (Lipinski definition) is 3. The average molecular weight is 254 g/mol. The van der Waals surface area contributed by atoms with E-state index >= 15 is 0 Å². The summed E-state index contributed by atoms with van der Waals surface area (Å²) < 4.78 is 0. The van der Waals surface area contributed by atoms with Gasteiger partial charge in [-0.3, -0.25) is 9.59 Å². The fourth-order valence-electron chi connectivity index (χ4n) is 1.74. The zero-order chi connectivity index (χ0) is 13.5. The first kappa shape index (κ1) is 14.2. The number of aromatic nitrogens is 1. The van der Waals surface area contributed by atoms with Gasteiger partial charge in [0.2, 0.25) is 0 Å². The van der Waals surface area contributed by atoms with Crippen molar-refractivity contribution in [2.45, 2.75) is 12.8 Å². The van der Waals surface area contributed by atoms with E-state index in [0.29, 0.717) is 6.54 Å². The number of carboxylic acid groups (broad SMARTS) is 2. The Hall–Kier alpha value is -1.82. The minimum absolute atomic E-state index is 0.238. The van der Waals surface area contributed by atoms with Crippen LogP contribution in [0.3, 0.4) is 0 Å². The average Bonchev–Trinajstić information content (AvgIpc) is 2.77. The first-order chi connectivity index (χ1) is 8.49. The van der Waals surface area contributed by atoms with Gasteiger partial charge in [0.25, 0.3) is 0 Å². The van der Waals surface area contributed by atoms with E-state index in [0.717, 1.165) is 12.1 Å². The summed E-state index contributed by atoms with van der Waals surface area (Å²) in [5, 5.41) is 17.6. The summed E-state index contributed by atoms with van der Waals surface area (Å²) in [6.45, 7) is 0.923. The Balaban J connectivity index is 2.38. The van der Waals surface area contributed by atoms with Gasteiger partial charge in [-0.05, 0) is 19.2 Å². The lowest BCUT2D eigenvalue weighted by Crippen LogP contribution is -2.33. The van der Waals surface area contributed by atoms with E-state index in [4.69, 9.17) is 10.2 Å². The number of likely N-dealkylation sites (N-methyl/N-ethyl adjacent to an activating group) is 1. The van der Waals surface area contributed by atoms with Gasteiger partial charge in [0, 0.05) is 31.4 Å². The molecule has 0 amide bonds. The number of carboxylic acids is 2. The number of aromatic amines is 1. The molecule has 1 rings (SSSR count). The molecule has 0 aliphatic heterocycles. The number of H-pyrrole nitrogens is 1. The van der Waals surface area contributed by atoms with Crippen LogP contribution in [0.4, 0.5) is 0 Å². The molecule has 1 atom stereocenters. The topological polar surface area (TPSA) is 93.6 Å². The van der Waals surface area contributed by atoms with Crippen molar-refractivity contribution in [2.75, 3.05) is 20.1 Å². The molecule has 0 aromatic carbocycles. The molecule has 0 bridgehead atoms. The van der Waals surface area contributed by atoms with Gasteiger partial charge >= 0.3 is 11.9 Å². The summed E-state index contributed by atoms with van der Waals surface area (Å²) in [7, 11) is 1.79. The molecular weight excluding hydrogens is 236 g/mol. The van der Waals surface area contributed by atoms with Gasteiger partial charge in [-0.25, -0.2) is 0 Å². The van der Waals surface area contributed by atoms with Gasteiger partial charge in [-0.15, -0.1) is 0 Å². The van der Waals surface area contributed by atoms with E-state index in [1.807, 2.05) is 23.2 Å². The molecule has 3 N–H and O–H groups in total. The van der Waals surface area contributed by atoms with Crippen molar-refractivity contribution in [1.29, 1.82) is 0 Å². The van der Waals surface area contributed by atoms with Gasteiger partial charge in [0.1, 0.15) is 0 Å². The van der Waals surface area contributed by atoms with Crippen LogP contribution < -0.4 is 0 Å². The monoisotopic (exact) mass is 254 g/mol. The lowest BCUT2D eigenvalue weighted by molar-refractivity contribution is -0.148. The third kappa shape index (κ3) is 5.01. The molecule has 1 unspecified atom stereocenters. The highest BCUT2D eigenvalue weighted by atomic mass is 16.4. The largest absolute Gasteiger partial charge is 0.481 e. The van der Waals surface area contributed by atoms with Crippen molar-refractivity contribution in [3.63, 3.8) is 0 Å². The van der Waals surface area contributed by atoms with Crippen LogP contribution in [0.15, 0.2) is 18.3 Å². The predicted octanol–water partition coefficient (Wildman–Crippen LogP) is 0.664. The van der Waals surface area contributed by atoms with Crippen LogP contribution in [0.2, 0.25) is 0 Å². The second kappa shape index (κ2) is 6.80. The van der Waals surface area contributed by atoms with Crippen LogP contribution in [0, 0.1) is 5.92 Å². The maximum absolute atomic E-state index is 10.9. The van der Waals surface area contributed by atoms with Crippen molar-refractivity contribution in [3.05, 3.63) is 24.0 Å². The number of rotatable bonds is 8. The molecule has 1 aromatic heterocycles. The van der Waals surface area contributed by atoms with Crippen LogP contribution in [0.25, 0.3) is 0 Å². The van der Waals surface area contributed by atoms with Crippen molar-refractivity contribution in [3.8, 4) is 0 Å². The zero-order valence-electron chi connectivity index (χ0n) is 10.3. The highest BCUT2D eigenvalue weighted by molar-refractivity contribution is 5.77. The van der Waals surface area contributed by atoms with Gasteiger partial charge < -0.3 is 20.1 Å². The molecule has 18 heavy (non-hydrogen) atoms. The fraction of sp³-hybridized carbons (Fsp3) is 0.500. The molecule has 1 aromatic rings. The molecule has 0 saturated heterocycles. The fourth-order valence-corrected chi connectivity index (χ4v) is 1.74. The van der Waals surface area contributed by atoms with E-state index in [9.17, 15) is 9.59 Å². The third-order valence-electron chi connectivity index (χ3n) is 2.73. The Morgan fingerprint density at radius 2 is 2.17 bits per heavy atom. The number of aliphatic carboxylic acids is 2. The van der Waals surface area contributed by atoms with Gasteiger partial charge in [-0.1, -0.05) is 0 Å². The lowest BCUT2D eigenvalue weighted by Gasteiger charge is -2.20. The first-order valence-corrected chi connectivity index (χ1v) is 5.74. The second-order valence-corrected chi connectivity index (χ2v) is 4.34. The quantitative estimate of drug-likeness (QED) is 0.633. The molecule has 100 valence electrons. The van der Waals surface area contributed by atoms with E-state index in [-0.39, 0.29) is 13.0 Å². The van der Waals surface area contributed by atoms with E-state index in [2.05, 4.69) is 4.98 Å². The van der Waals surface area contributed by atoms with Crippen LogP contribution in [0.5, 0.6) is 0 Å². The Morgan fingerprint density at radius 3 is 2.67 bits per heavy atom. The summed E-state index contributed by atoms with van der Waals surface area (Å²) in [5.41, 5.74) is 1.08. The van der Waals surface area contributed by atoms with E-state index < -0.39 is 17.9 Å². The third-order valence-corrected chi connectivity index (χ3v) is 2.73. The Morgan fingerprint density at radius 1 is 1.44 bits per heavy atom. The summed E-state index contributed by atoms with van der Waals surface area (Å²) >= 11 is 0. The van der Waals surface area contributed by atoms with Crippen LogP contribution in [-0.2, 0) is 16.0 Å². The Labute approximate surface area is 105 Å². The minimum atomic E-state index is -1.08. The van der Waals surface area contributed by atoms with Crippen LogP contribution in [0.1, 0.15) is 12.1 Å². The summed E-state index contributed by atoms with van der Waals surface area (Å²) in [6, 6.07) is 3.86. The molecular formula is C12H18N2O4. The molecule has 0 fully saturated rings. The van der Waals surface area contributed by atoms with Crippen LogP contribution in [-0.4, -0.2) is 52.2 Å². The summed E-state index contributed by atoms with van der Waals surface area (Å²) in [4.78, 5) is 26.4. The molecule has 0 aliphatic rings. The van der Waals surface area contributed by atoms with Gasteiger partial charge in [0.05, 0.1) is 12.3 Å². The summed E-state index contributed by atoms with van der Waals surface area (Å²) in [6.07, 6.45) is 2.27. The molecule has 6 nitrogen and oxygen atoms in total. The molecule has 0 aliphatic carbocycles. The molecule has 1 heterocycles. The van der Waals surface area contributed by atoms with Crippen molar-refractivity contribution >= 4 is 11.9 Å². The maximum Gasteiger partial charge on any atom is 0.308 e. The summed E-state index contributed by atoms with van der Waals surface area (Å²) in [5.74, 6) is -3.01. The van der Waals surface area contributed by atoms with Crippen molar-refractivity contribution < 1.29 is 19.8 Å². The normalized spacial score (nSPS) is 12.6. The minimum Gasteiger partial charge on any atom is -0.481 e. The van der Waals surface area contributed by atoms with E-state index in [1.165, 1.54) is 0 Å². The second-order valence-electron chi connectivity index (χ2n) is 4.34. The first-order valence-electron chi connectivity index (χ1n) is 5.74. The highest BCUT2D eigenvalue weighted by Gasteiger charge is 2.22. The van der Waals surface area contributed by atoms with E-state index in [1.54, 1.807) is 7.05 Å². The number of carbonyl (C=O) groups is 2. The van der Waals surface area contributed by atoms with Crippen molar-refractivity contribution in [2.24, 2.45) is 5.92 Å². The van der Waals surface area contributed by atoms with Gasteiger partial charge in [-0.2, -0.15) is 0 Å². The Kier molecular flexibility index (Phi) is 5.38. The number of nitrogens with zero attached hydrogens (tertiary/aromatic N) is 1. The molecule has 0 saturated carbocycles. The lowest BCUT2D eigenvalue weighted by atomic mass is 10.1. The molecule has 0 spiro atoms. The van der Waals surface area contributed by atoms with Crippen LogP contribution >= 0.6 is 0 Å².